The number of hydrogen-bond donors (Lipinski definition) is 0. The van der Waals surface area contributed by atoms with Crippen molar-refractivity contribution in [3.05, 3.63) is 58.5 Å². The van der Waals surface area contributed by atoms with Crippen LogP contribution in [0.5, 0.6) is 0 Å². The molecule has 1 amide bonds. The third-order valence-electron chi connectivity index (χ3n) is 3.82. The first-order chi connectivity index (χ1) is 10.3. The molecule has 1 aliphatic carbocycles. The van der Waals surface area contributed by atoms with Gasteiger partial charge in [0.25, 0.3) is 5.91 Å². The van der Waals surface area contributed by atoms with Gasteiger partial charge in [-0.3, -0.25) is 4.79 Å². The van der Waals surface area contributed by atoms with Gasteiger partial charge in [0.05, 0.1) is 0 Å². The third kappa shape index (κ3) is 2.47. The summed E-state index contributed by atoms with van der Waals surface area (Å²) in [6, 6.07) is 12.0. The molecular formula is C17H15NO2S. The molecule has 4 heteroatoms. The maximum absolute atomic E-state index is 12.8. The molecule has 0 spiro atoms. The van der Waals surface area contributed by atoms with Crippen LogP contribution in [0.3, 0.4) is 0 Å². The lowest BCUT2D eigenvalue weighted by molar-refractivity contribution is 0.0700. The number of thiophene rings is 1. The van der Waals surface area contributed by atoms with Crippen LogP contribution in [-0.2, 0) is 6.54 Å². The van der Waals surface area contributed by atoms with Crippen molar-refractivity contribution < 1.29 is 9.21 Å². The molecule has 0 atom stereocenters. The van der Waals surface area contributed by atoms with E-state index in [-0.39, 0.29) is 5.91 Å². The molecule has 1 saturated carbocycles. The molecule has 1 aliphatic rings. The molecule has 2 heterocycles. The number of rotatable bonds is 4. The topological polar surface area (TPSA) is 33.5 Å². The first kappa shape index (κ1) is 12.7. The van der Waals surface area contributed by atoms with Gasteiger partial charge in [-0.1, -0.05) is 18.2 Å². The van der Waals surface area contributed by atoms with E-state index in [4.69, 9.17) is 4.42 Å². The van der Waals surface area contributed by atoms with Crippen LogP contribution in [0.4, 0.5) is 0 Å². The lowest BCUT2D eigenvalue weighted by Gasteiger charge is -2.20. The van der Waals surface area contributed by atoms with Crippen LogP contribution in [0.2, 0.25) is 0 Å². The molecule has 0 N–H and O–H groups in total. The van der Waals surface area contributed by atoms with Crippen LogP contribution in [0.1, 0.15) is 29.0 Å². The molecule has 3 aromatic rings. The van der Waals surface area contributed by atoms with Crippen molar-refractivity contribution in [2.75, 3.05) is 0 Å². The zero-order chi connectivity index (χ0) is 14.2. The summed E-state index contributed by atoms with van der Waals surface area (Å²) in [7, 11) is 0. The maximum atomic E-state index is 12.8. The fraction of sp³-hybridized carbons (Fsp3) is 0.235. The van der Waals surface area contributed by atoms with E-state index in [9.17, 15) is 4.79 Å². The van der Waals surface area contributed by atoms with Crippen LogP contribution >= 0.6 is 11.3 Å². The van der Waals surface area contributed by atoms with Crippen molar-refractivity contribution in [3.63, 3.8) is 0 Å². The van der Waals surface area contributed by atoms with E-state index in [1.54, 1.807) is 11.3 Å². The fourth-order valence-electron chi connectivity index (χ4n) is 2.56. The van der Waals surface area contributed by atoms with Gasteiger partial charge in [0.15, 0.2) is 5.76 Å². The van der Waals surface area contributed by atoms with Crippen LogP contribution in [-0.4, -0.2) is 16.8 Å². The standard InChI is InChI=1S/C17H15NO2S/c19-17(16-9-13-3-1-2-4-15(13)20-16)18(14-5-6-14)10-12-7-8-21-11-12/h1-4,7-9,11,14H,5-6,10H2. The molecule has 0 saturated heterocycles. The molecule has 0 radical (unpaired) electrons. The van der Waals surface area contributed by atoms with Crippen molar-refractivity contribution in [2.45, 2.75) is 25.4 Å². The van der Waals surface area contributed by atoms with E-state index >= 15 is 0 Å². The van der Waals surface area contributed by atoms with E-state index in [2.05, 4.69) is 11.4 Å². The number of amides is 1. The number of fused-ring (bicyclic) bond motifs is 1. The lowest BCUT2D eigenvalue weighted by atomic mass is 10.2. The second kappa shape index (κ2) is 5.04. The van der Waals surface area contributed by atoms with E-state index in [0.29, 0.717) is 18.3 Å². The van der Waals surface area contributed by atoms with Crippen LogP contribution in [0.15, 0.2) is 51.6 Å². The zero-order valence-corrected chi connectivity index (χ0v) is 12.3. The summed E-state index contributed by atoms with van der Waals surface area (Å²) in [5.41, 5.74) is 1.96. The molecule has 4 rings (SSSR count). The summed E-state index contributed by atoms with van der Waals surface area (Å²) in [5.74, 6) is 0.443. The first-order valence-electron chi connectivity index (χ1n) is 7.12. The minimum Gasteiger partial charge on any atom is -0.451 e. The van der Waals surface area contributed by atoms with Gasteiger partial charge in [0, 0.05) is 18.0 Å². The number of carbonyl (C=O) groups excluding carboxylic acids is 1. The predicted octanol–water partition coefficient (Wildman–Crippen LogP) is 4.30. The Morgan fingerprint density at radius 1 is 1.29 bits per heavy atom. The van der Waals surface area contributed by atoms with Crippen LogP contribution in [0.25, 0.3) is 11.0 Å². The Kier molecular flexibility index (Phi) is 3.04. The van der Waals surface area contributed by atoms with Gasteiger partial charge in [0.1, 0.15) is 5.58 Å². The van der Waals surface area contributed by atoms with Crippen molar-refractivity contribution in [2.24, 2.45) is 0 Å². The molecule has 0 bridgehead atoms. The number of furan rings is 1. The van der Waals surface area contributed by atoms with Gasteiger partial charge in [-0.05, 0) is 47.4 Å². The summed E-state index contributed by atoms with van der Waals surface area (Å²) in [4.78, 5) is 14.7. The summed E-state index contributed by atoms with van der Waals surface area (Å²) in [6.45, 7) is 0.671. The Labute approximate surface area is 126 Å². The molecule has 1 aromatic carbocycles. The molecule has 3 nitrogen and oxygen atoms in total. The second-order valence-corrected chi connectivity index (χ2v) is 6.22. The largest absolute Gasteiger partial charge is 0.451 e. The number of hydrogen-bond acceptors (Lipinski definition) is 3. The molecule has 21 heavy (non-hydrogen) atoms. The Balaban J connectivity index is 1.64. The summed E-state index contributed by atoms with van der Waals surface area (Å²) >= 11 is 1.66. The molecular weight excluding hydrogens is 282 g/mol. The summed E-state index contributed by atoms with van der Waals surface area (Å²) < 4.78 is 5.72. The minimum atomic E-state index is -0.0000926. The van der Waals surface area contributed by atoms with Gasteiger partial charge in [0.2, 0.25) is 0 Å². The Bertz CT molecular complexity index is 738. The molecule has 106 valence electrons. The van der Waals surface area contributed by atoms with Gasteiger partial charge >= 0.3 is 0 Å². The minimum absolute atomic E-state index is 0.0000926. The predicted molar refractivity (Wildman–Crippen MR) is 83.4 cm³/mol. The highest BCUT2D eigenvalue weighted by molar-refractivity contribution is 7.07. The van der Waals surface area contributed by atoms with E-state index < -0.39 is 0 Å². The van der Waals surface area contributed by atoms with Crippen molar-refractivity contribution >= 4 is 28.2 Å². The highest BCUT2D eigenvalue weighted by Gasteiger charge is 2.34. The SMILES string of the molecule is O=C(c1cc2ccccc2o1)N(Cc1ccsc1)C1CC1. The summed E-state index contributed by atoms with van der Waals surface area (Å²) in [6.07, 6.45) is 2.19. The van der Waals surface area contributed by atoms with Gasteiger partial charge in [-0.25, -0.2) is 0 Å². The normalized spacial score (nSPS) is 14.5. The average molecular weight is 297 g/mol. The number of para-hydroxylation sites is 1. The van der Waals surface area contributed by atoms with E-state index in [1.165, 1.54) is 5.56 Å². The maximum Gasteiger partial charge on any atom is 0.290 e. The van der Waals surface area contributed by atoms with Crippen LogP contribution < -0.4 is 0 Å². The van der Waals surface area contributed by atoms with Crippen molar-refractivity contribution in [1.29, 1.82) is 0 Å². The smallest absolute Gasteiger partial charge is 0.290 e. The molecule has 1 fully saturated rings. The number of nitrogens with zero attached hydrogens (tertiary/aromatic N) is 1. The first-order valence-corrected chi connectivity index (χ1v) is 8.06. The Morgan fingerprint density at radius 2 is 2.14 bits per heavy atom. The Hall–Kier alpha value is -2.07. The number of carbonyl (C=O) groups is 1. The highest BCUT2D eigenvalue weighted by Crippen LogP contribution is 2.31. The highest BCUT2D eigenvalue weighted by atomic mass is 32.1. The summed E-state index contributed by atoms with van der Waals surface area (Å²) in [5, 5.41) is 5.13. The van der Waals surface area contributed by atoms with E-state index in [1.807, 2.05) is 40.6 Å². The average Bonchev–Trinajstić information content (AvgIpc) is 3.04. The quantitative estimate of drug-likeness (QED) is 0.719. The number of benzene rings is 1. The molecule has 0 aliphatic heterocycles. The van der Waals surface area contributed by atoms with Crippen molar-refractivity contribution in [3.8, 4) is 0 Å². The molecule has 2 aromatic heterocycles. The van der Waals surface area contributed by atoms with Crippen molar-refractivity contribution in [1.82, 2.24) is 4.90 Å². The van der Waals surface area contributed by atoms with E-state index in [0.717, 1.165) is 23.8 Å². The monoisotopic (exact) mass is 297 g/mol. The zero-order valence-electron chi connectivity index (χ0n) is 11.5. The van der Waals surface area contributed by atoms with Gasteiger partial charge < -0.3 is 9.32 Å². The second-order valence-electron chi connectivity index (χ2n) is 5.44. The van der Waals surface area contributed by atoms with Gasteiger partial charge in [-0.15, -0.1) is 0 Å². The molecule has 0 unspecified atom stereocenters. The third-order valence-corrected chi connectivity index (χ3v) is 4.55. The Morgan fingerprint density at radius 3 is 2.86 bits per heavy atom. The van der Waals surface area contributed by atoms with Crippen LogP contribution in [0, 0.1) is 0 Å². The van der Waals surface area contributed by atoms with Gasteiger partial charge in [-0.2, -0.15) is 11.3 Å². The fourth-order valence-corrected chi connectivity index (χ4v) is 3.22. The lowest BCUT2D eigenvalue weighted by Crippen LogP contribution is -2.32.